The zero-order valence-corrected chi connectivity index (χ0v) is 20.0. The normalized spacial score (nSPS) is 12.7. The zero-order valence-electron chi connectivity index (χ0n) is 19.2. The fraction of sp³-hybridized carbons (Fsp3) is 0.192. The van der Waals surface area contributed by atoms with Gasteiger partial charge in [0.05, 0.1) is 16.1 Å². The molecule has 0 aliphatic carbocycles. The highest BCUT2D eigenvalue weighted by molar-refractivity contribution is 7.15. The minimum Gasteiger partial charge on any atom is -0.484 e. The molecule has 0 bridgehead atoms. The van der Waals surface area contributed by atoms with Crippen LogP contribution in [-0.4, -0.2) is 15.1 Å². The number of aryl methyl sites for hydroxylation is 1. The van der Waals surface area contributed by atoms with Gasteiger partial charge >= 0.3 is 11.9 Å². The second-order valence-corrected chi connectivity index (χ2v) is 9.19. The van der Waals surface area contributed by atoms with E-state index >= 15 is 0 Å². The maximum Gasteiger partial charge on any atom is 0.439 e. The Balaban J connectivity index is 1.47. The molecule has 0 radical (unpaired) electrons. The van der Waals surface area contributed by atoms with Gasteiger partial charge in [0.15, 0.2) is 5.82 Å². The molecule has 10 heteroatoms. The average molecular weight is 512 g/mol. The molecule has 5 rings (SSSR count). The van der Waals surface area contributed by atoms with Crippen LogP contribution in [0.15, 0.2) is 70.0 Å². The number of hydrogen-bond donors (Lipinski definition) is 1. The van der Waals surface area contributed by atoms with Gasteiger partial charge in [-0.2, -0.15) is 13.2 Å². The Morgan fingerprint density at radius 2 is 1.78 bits per heavy atom. The zero-order chi connectivity index (χ0) is 25.4. The third-order valence-electron chi connectivity index (χ3n) is 5.80. The molecule has 184 valence electrons. The predicted octanol–water partition coefficient (Wildman–Crippen LogP) is 7.16. The number of thiazole rings is 1. The third kappa shape index (κ3) is 4.51. The molecule has 0 spiro atoms. The number of nitrogens with zero attached hydrogens (tertiary/aromatic N) is 2. The van der Waals surface area contributed by atoms with E-state index in [0.29, 0.717) is 34.1 Å². The molecule has 0 aliphatic rings. The lowest BCUT2D eigenvalue weighted by Crippen LogP contribution is -2.06. The molecule has 5 aromatic rings. The molecule has 0 amide bonds. The fourth-order valence-electron chi connectivity index (χ4n) is 4.03. The van der Waals surface area contributed by atoms with Crippen molar-refractivity contribution in [1.29, 1.82) is 0 Å². The van der Waals surface area contributed by atoms with Gasteiger partial charge in [-0.05, 0) is 43.0 Å². The first-order valence-corrected chi connectivity index (χ1v) is 12.0. The lowest BCUT2D eigenvalue weighted by Gasteiger charge is -2.19. The van der Waals surface area contributed by atoms with Crippen molar-refractivity contribution in [3.63, 3.8) is 0 Å². The second-order valence-electron chi connectivity index (χ2n) is 8.16. The molecule has 0 aliphatic heterocycles. The molecule has 2 aromatic heterocycles. The van der Waals surface area contributed by atoms with E-state index in [4.69, 9.17) is 4.74 Å². The van der Waals surface area contributed by atoms with Crippen molar-refractivity contribution < 1.29 is 22.4 Å². The summed E-state index contributed by atoms with van der Waals surface area (Å²) in [5.41, 5.74) is 1.39. The van der Waals surface area contributed by atoms with Crippen LogP contribution in [0.25, 0.3) is 32.7 Å². The molecule has 0 fully saturated rings. The first kappa shape index (κ1) is 23.8. The molecule has 2 heterocycles. The van der Waals surface area contributed by atoms with Gasteiger partial charge in [0.2, 0.25) is 0 Å². The Hall–Kier alpha value is -3.92. The van der Waals surface area contributed by atoms with Gasteiger partial charge in [-0.3, -0.25) is 9.51 Å². The number of aromatic amines is 1. The number of halogens is 3. The molecule has 0 saturated carbocycles. The number of rotatable bonds is 6. The summed E-state index contributed by atoms with van der Waals surface area (Å²) in [7, 11) is 0. The van der Waals surface area contributed by atoms with Crippen molar-refractivity contribution in [3.05, 3.63) is 87.3 Å². The van der Waals surface area contributed by atoms with E-state index < -0.39 is 17.5 Å². The molecule has 1 atom stereocenters. The maximum atomic E-state index is 12.9. The van der Waals surface area contributed by atoms with E-state index in [1.807, 2.05) is 50.2 Å². The van der Waals surface area contributed by atoms with Crippen LogP contribution in [0.4, 0.5) is 13.2 Å². The van der Waals surface area contributed by atoms with Gasteiger partial charge in [-0.25, -0.2) is 9.78 Å². The second kappa shape index (κ2) is 9.27. The maximum absolute atomic E-state index is 12.9. The molecule has 0 saturated heterocycles. The third-order valence-corrected chi connectivity index (χ3v) is 7.10. The smallest absolute Gasteiger partial charge is 0.439 e. The van der Waals surface area contributed by atoms with Gasteiger partial charge in [-0.1, -0.05) is 48.5 Å². The monoisotopic (exact) mass is 511 g/mol. The van der Waals surface area contributed by atoms with E-state index in [1.165, 1.54) is 23.5 Å². The first-order valence-electron chi connectivity index (χ1n) is 11.1. The molecule has 6 nitrogen and oxygen atoms in total. The van der Waals surface area contributed by atoms with Crippen molar-refractivity contribution in [2.24, 2.45) is 0 Å². The average Bonchev–Trinajstić information content (AvgIpc) is 3.47. The van der Waals surface area contributed by atoms with E-state index in [9.17, 15) is 18.0 Å². The SMILES string of the molecule is CCC(Oc1ccc(-c2noc(=O)[nH]2)c2ccccc12)c1sc(-c2ccc(C(F)(F)F)cc2)nc1C. The molecule has 1 unspecified atom stereocenters. The van der Waals surface area contributed by atoms with E-state index in [2.05, 4.69) is 19.6 Å². The first-order chi connectivity index (χ1) is 17.2. The largest absolute Gasteiger partial charge is 0.484 e. The van der Waals surface area contributed by atoms with Crippen molar-refractivity contribution in [3.8, 4) is 27.7 Å². The highest BCUT2D eigenvalue weighted by Gasteiger charge is 2.30. The standard InChI is InChI=1S/C26H20F3N3O3S/c1-3-20(22-14(2)30-24(36-22)15-8-10-16(11-9-15)26(27,28)29)34-21-13-12-19(23-31-25(33)35-32-23)17-6-4-5-7-18(17)21/h4-13,20H,3H2,1-2H3,(H,31,32,33). The fourth-order valence-corrected chi connectivity index (χ4v) is 5.22. The number of fused-ring (bicyclic) bond motifs is 1. The highest BCUT2D eigenvalue weighted by Crippen LogP contribution is 2.40. The summed E-state index contributed by atoms with van der Waals surface area (Å²) >= 11 is 1.41. The molecule has 36 heavy (non-hydrogen) atoms. The van der Waals surface area contributed by atoms with Gasteiger partial charge in [0, 0.05) is 16.5 Å². The number of hydrogen-bond acceptors (Lipinski definition) is 6. The Morgan fingerprint density at radius 3 is 2.42 bits per heavy atom. The lowest BCUT2D eigenvalue weighted by molar-refractivity contribution is -0.137. The Bertz CT molecular complexity index is 1590. The number of ether oxygens (including phenoxy) is 1. The van der Waals surface area contributed by atoms with Crippen molar-refractivity contribution in [2.45, 2.75) is 32.5 Å². The van der Waals surface area contributed by atoms with Crippen LogP contribution in [0, 0.1) is 6.92 Å². The van der Waals surface area contributed by atoms with E-state index in [1.54, 1.807) is 0 Å². The van der Waals surface area contributed by atoms with E-state index in [-0.39, 0.29) is 6.10 Å². The van der Waals surface area contributed by atoms with Crippen LogP contribution < -0.4 is 10.5 Å². The summed E-state index contributed by atoms with van der Waals surface area (Å²) < 4.78 is 49.9. The minimum atomic E-state index is -4.38. The van der Waals surface area contributed by atoms with Gasteiger partial charge in [0.25, 0.3) is 0 Å². The molecular weight excluding hydrogens is 491 g/mol. The summed E-state index contributed by atoms with van der Waals surface area (Å²) in [6, 6.07) is 16.2. The number of alkyl halides is 3. The Labute approximate surface area is 207 Å². The predicted molar refractivity (Wildman–Crippen MR) is 131 cm³/mol. The van der Waals surface area contributed by atoms with Crippen LogP contribution in [0.1, 0.15) is 35.6 Å². The highest BCUT2D eigenvalue weighted by atomic mass is 32.1. The topological polar surface area (TPSA) is 81.0 Å². The number of benzene rings is 3. The molecule has 3 aromatic carbocycles. The van der Waals surface area contributed by atoms with Gasteiger partial charge in [0.1, 0.15) is 16.9 Å². The van der Waals surface area contributed by atoms with Gasteiger partial charge < -0.3 is 4.74 Å². The number of nitrogens with one attached hydrogen (secondary N) is 1. The molecular formula is C26H20F3N3O3S. The number of aromatic nitrogens is 3. The molecule has 1 N–H and O–H groups in total. The van der Waals surface area contributed by atoms with Crippen LogP contribution in [-0.2, 0) is 6.18 Å². The van der Waals surface area contributed by atoms with Crippen LogP contribution in [0.2, 0.25) is 0 Å². The van der Waals surface area contributed by atoms with E-state index in [0.717, 1.165) is 33.5 Å². The van der Waals surface area contributed by atoms with Crippen LogP contribution in [0.5, 0.6) is 5.75 Å². The van der Waals surface area contributed by atoms with Crippen molar-refractivity contribution in [1.82, 2.24) is 15.1 Å². The summed E-state index contributed by atoms with van der Waals surface area (Å²) in [4.78, 5) is 19.5. The summed E-state index contributed by atoms with van der Waals surface area (Å²) in [6.07, 6.45) is -4.04. The van der Waals surface area contributed by atoms with Crippen LogP contribution in [0.3, 0.4) is 0 Å². The quantitative estimate of drug-likeness (QED) is 0.262. The van der Waals surface area contributed by atoms with Crippen molar-refractivity contribution >= 4 is 22.1 Å². The van der Waals surface area contributed by atoms with Gasteiger partial charge in [-0.15, -0.1) is 11.3 Å². The Morgan fingerprint density at radius 1 is 1.06 bits per heavy atom. The number of H-pyrrole nitrogens is 1. The lowest BCUT2D eigenvalue weighted by atomic mass is 10.0. The summed E-state index contributed by atoms with van der Waals surface area (Å²) in [5, 5.41) is 6.10. The summed E-state index contributed by atoms with van der Waals surface area (Å²) in [5.74, 6) is 0.343. The summed E-state index contributed by atoms with van der Waals surface area (Å²) in [6.45, 7) is 3.87. The van der Waals surface area contributed by atoms with Crippen molar-refractivity contribution in [2.75, 3.05) is 0 Å². The minimum absolute atomic E-state index is 0.313. The van der Waals surface area contributed by atoms with Crippen LogP contribution >= 0.6 is 11.3 Å². The Kier molecular flexibility index (Phi) is 6.13.